The average Bonchev–Trinajstić information content (AvgIpc) is 2.52. The van der Waals surface area contributed by atoms with Crippen LogP contribution in [-0.2, 0) is 4.79 Å². The van der Waals surface area contributed by atoms with Gasteiger partial charge in [-0.25, -0.2) is 0 Å². The van der Waals surface area contributed by atoms with Crippen LogP contribution in [-0.4, -0.2) is 18.4 Å². The van der Waals surface area contributed by atoms with Crippen molar-refractivity contribution in [1.29, 1.82) is 0 Å². The van der Waals surface area contributed by atoms with Crippen LogP contribution in [0.4, 0.5) is 0 Å². The minimum Gasteiger partial charge on any atom is -0.313 e. The van der Waals surface area contributed by atoms with Gasteiger partial charge in [0.15, 0.2) is 0 Å². The van der Waals surface area contributed by atoms with Crippen molar-refractivity contribution in [3.05, 3.63) is 34.9 Å². The molecule has 130 valence electrons. The zero-order chi connectivity index (χ0) is 17.5. The van der Waals surface area contributed by atoms with Gasteiger partial charge in [0, 0.05) is 17.6 Å². The maximum absolute atomic E-state index is 11.9. The van der Waals surface area contributed by atoms with Gasteiger partial charge in [0.05, 0.1) is 5.92 Å². The molecule has 0 amide bonds. The lowest BCUT2D eigenvalue weighted by molar-refractivity contribution is -0.118. The highest BCUT2D eigenvalue weighted by molar-refractivity contribution is 6.30. The monoisotopic (exact) mass is 337 g/mol. The molecule has 1 aliphatic carbocycles. The van der Waals surface area contributed by atoms with Gasteiger partial charge < -0.3 is 5.32 Å². The van der Waals surface area contributed by atoms with E-state index in [0.717, 1.165) is 12.1 Å². The molecule has 1 unspecified atom stereocenters. The smallest absolute Gasteiger partial charge is 0.138 e. The van der Waals surface area contributed by atoms with Crippen molar-refractivity contribution < 1.29 is 4.79 Å². The number of hydrogen-bond acceptors (Lipinski definition) is 2. The SMILES string of the molecule is CC.CC(=O)C(CNC1CCC(C)(C)CC1)c1ccc(Cl)cc1. The van der Waals surface area contributed by atoms with E-state index in [9.17, 15) is 4.79 Å². The number of rotatable bonds is 5. The number of hydrogen-bond donors (Lipinski definition) is 1. The summed E-state index contributed by atoms with van der Waals surface area (Å²) in [5.41, 5.74) is 1.53. The summed E-state index contributed by atoms with van der Waals surface area (Å²) >= 11 is 5.92. The van der Waals surface area contributed by atoms with E-state index in [-0.39, 0.29) is 11.7 Å². The molecule has 1 atom stereocenters. The van der Waals surface area contributed by atoms with Gasteiger partial charge in [-0.05, 0) is 55.7 Å². The van der Waals surface area contributed by atoms with Gasteiger partial charge in [0.25, 0.3) is 0 Å². The van der Waals surface area contributed by atoms with Crippen molar-refractivity contribution in [2.24, 2.45) is 5.41 Å². The topological polar surface area (TPSA) is 29.1 Å². The highest BCUT2D eigenvalue weighted by Gasteiger charge is 2.27. The first-order chi connectivity index (χ1) is 10.9. The van der Waals surface area contributed by atoms with Crippen molar-refractivity contribution in [3.8, 4) is 0 Å². The Morgan fingerprint density at radius 1 is 1.22 bits per heavy atom. The molecule has 1 aromatic carbocycles. The Balaban J connectivity index is 0.00000127. The van der Waals surface area contributed by atoms with Crippen LogP contribution in [0.5, 0.6) is 0 Å². The van der Waals surface area contributed by atoms with Gasteiger partial charge in [-0.15, -0.1) is 0 Å². The fraction of sp³-hybridized carbons (Fsp3) is 0.650. The van der Waals surface area contributed by atoms with Crippen molar-refractivity contribution in [1.82, 2.24) is 5.32 Å². The number of Topliss-reactive ketones (excluding diaryl/α,β-unsaturated/α-hetero) is 1. The lowest BCUT2D eigenvalue weighted by Crippen LogP contribution is -2.38. The molecule has 1 N–H and O–H groups in total. The van der Waals surface area contributed by atoms with E-state index in [1.54, 1.807) is 6.92 Å². The molecule has 0 saturated heterocycles. The van der Waals surface area contributed by atoms with E-state index >= 15 is 0 Å². The number of carbonyl (C=O) groups is 1. The Hall–Kier alpha value is -0.860. The third-order valence-corrected chi connectivity index (χ3v) is 4.96. The minimum absolute atomic E-state index is 0.0720. The maximum atomic E-state index is 11.9. The summed E-state index contributed by atoms with van der Waals surface area (Å²) in [6, 6.07) is 8.18. The van der Waals surface area contributed by atoms with Gasteiger partial charge in [0.2, 0.25) is 0 Å². The number of halogens is 1. The molecule has 0 aliphatic heterocycles. The third kappa shape index (κ3) is 6.64. The van der Waals surface area contributed by atoms with Gasteiger partial charge in [0.1, 0.15) is 5.78 Å². The highest BCUT2D eigenvalue weighted by Crippen LogP contribution is 2.35. The van der Waals surface area contributed by atoms with Gasteiger partial charge in [-0.2, -0.15) is 0 Å². The van der Waals surface area contributed by atoms with Gasteiger partial charge in [-0.3, -0.25) is 4.79 Å². The lowest BCUT2D eigenvalue weighted by Gasteiger charge is -2.35. The van der Waals surface area contributed by atoms with Crippen LogP contribution >= 0.6 is 11.6 Å². The molecule has 2 rings (SSSR count). The summed E-state index contributed by atoms with van der Waals surface area (Å²) in [4.78, 5) is 11.9. The number of ketones is 1. The fourth-order valence-electron chi connectivity index (χ4n) is 3.08. The molecule has 0 spiro atoms. The standard InChI is InChI=1S/C18H26ClNO.C2H6/c1-13(21)17(14-4-6-15(19)7-5-14)12-20-16-8-10-18(2,3)11-9-16;1-2/h4-7,16-17,20H,8-12H2,1-3H3;1-2H3. The summed E-state index contributed by atoms with van der Waals surface area (Å²) in [5.74, 6) is 0.137. The highest BCUT2D eigenvalue weighted by atomic mass is 35.5. The zero-order valence-electron chi connectivity index (χ0n) is 15.3. The molecule has 1 fully saturated rings. The first-order valence-electron chi connectivity index (χ1n) is 8.87. The van der Waals surface area contributed by atoms with E-state index < -0.39 is 0 Å². The molecule has 0 heterocycles. The predicted octanol–water partition coefficient (Wildman–Crippen LogP) is 5.60. The van der Waals surface area contributed by atoms with Crippen LogP contribution in [0.15, 0.2) is 24.3 Å². The molecular formula is C20H32ClNO. The average molecular weight is 338 g/mol. The Morgan fingerprint density at radius 3 is 2.22 bits per heavy atom. The van der Waals surface area contributed by atoms with E-state index in [0.29, 0.717) is 16.5 Å². The van der Waals surface area contributed by atoms with Gasteiger partial charge >= 0.3 is 0 Å². The second-order valence-corrected chi connectivity index (χ2v) is 7.50. The van der Waals surface area contributed by atoms with Gasteiger partial charge in [-0.1, -0.05) is 51.4 Å². The van der Waals surface area contributed by atoms with Crippen LogP contribution in [0.1, 0.15) is 71.8 Å². The largest absolute Gasteiger partial charge is 0.313 e. The predicted molar refractivity (Wildman–Crippen MR) is 100 cm³/mol. The Kier molecular flexibility index (Phi) is 8.28. The summed E-state index contributed by atoms with van der Waals surface area (Å²) in [7, 11) is 0. The van der Waals surface area contributed by atoms with Crippen LogP contribution in [0.2, 0.25) is 5.02 Å². The first kappa shape index (κ1) is 20.2. The van der Waals surface area contributed by atoms with Crippen LogP contribution in [0, 0.1) is 5.41 Å². The molecule has 0 bridgehead atoms. The fourth-order valence-corrected chi connectivity index (χ4v) is 3.21. The molecule has 1 saturated carbocycles. The third-order valence-electron chi connectivity index (χ3n) is 4.71. The second kappa shape index (κ2) is 9.44. The van der Waals surface area contributed by atoms with Crippen molar-refractivity contribution in [2.45, 2.75) is 72.3 Å². The first-order valence-corrected chi connectivity index (χ1v) is 9.24. The molecule has 0 aromatic heterocycles. The summed E-state index contributed by atoms with van der Waals surface area (Å²) < 4.78 is 0. The quantitative estimate of drug-likeness (QED) is 0.758. The van der Waals surface area contributed by atoms with E-state index in [1.165, 1.54) is 25.7 Å². The van der Waals surface area contributed by atoms with E-state index in [2.05, 4.69) is 19.2 Å². The second-order valence-electron chi connectivity index (χ2n) is 7.06. The van der Waals surface area contributed by atoms with Crippen molar-refractivity contribution in [3.63, 3.8) is 0 Å². The maximum Gasteiger partial charge on any atom is 0.138 e. The Bertz CT molecular complexity index is 471. The molecule has 3 heteroatoms. The number of nitrogens with one attached hydrogen (secondary N) is 1. The zero-order valence-corrected chi connectivity index (χ0v) is 16.0. The number of carbonyl (C=O) groups excluding carboxylic acids is 1. The van der Waals surface area contributed by atoms with Crippen LogP contribution in [0.3, 0.4) is 0 Å². The van der Waals surface area contributed by atoms with E-state index in [4.69, 9.17) is 11.6 Å². The Labute approximate surface area is 147 Å². The number of benzene rings is 1. The lowest BCUT2D eigenvalue weighted by atomic mass is 9.75. The Morgan fingerprint density at radius 2 is 1.74 bits per heavy atom. The van der Waals surface area contributed by atoms with Crippen LogP contribution < -0.4 is 5.32 Å². The van der Waals surface area contributed by atoms with Crippen molar-refractivity contribution in [2.75, 3.05) is 6.54 Å². The molecule has 0 radical (unpaired) electrons. The van der Waals surface area contributed by atoms with E-state index in [1.807, 2.05) is 38.1 Å². The molecular weight excluding hydrogens is 306 g/mol. The van der Waals surface area contributed by atoms with Crippen molar-refractivity contribution >= 4 is 17.4 Å². The minimum atomic E-state index is -0.0720. The molecule has 1 aromatic rings. The summed E-state index contributed by atoms with van der Waals surface area (Å²) in [6.45, 7) is 11.1. The molecule has 2 nitrogen and oxygen atoms in total. The molecule has 1 aliphatic rings. The molecule has 23 heavy (non-hydrogen) atoms. The van der Waals surface area contributed by atoms with Crippen LogP contribution in [0.25, 0.3) is 0 Å². The normalized spacial score (nSPS) is 18.7. The summed E-state index contributed by atoms with van der Waals surface area (Å²) in [6.07, 6.45) is 4.93. The summed E-state index contributed by atoms with van der Waals surface area (Å²) in [5, 5.41) is 4.31.